The number of fused-ring (bicyclic) bond motifs is 1. The minimum atomic E-state index is -0.961. The average molecular weight is 516 g/mol. The van der Waals surface area contributed by atoms with Crippen LogP contribution in [0.15, 0.2) is 60.7 Å². The smallest absolute Gasteiger partial charge is 0.335 e. The van der Waals surface area contributed by atoms with E-state index in [4.69, 9.17) is 0 Å². The van der Waals surface area contributed by atoms with Crippen LogP contribution < -0.4 is 0 Å². The van der Waals surface area contributed by atoms with Gasteiger partial charge in [-0.25, -0.2) is 9.18 Å². The summed E-state index contributed by atoms with van der Waals surface area (Å²) in [6.07, 6.45) is 7.78. The molecule has 0 atom stereocenters. The number of aromatic carboxylic acids is 1. The normalized spacial score (nSPS) is 15.4. The zero-order valence-electron chi connectivity index (χ0n) is 22.5. The maximum atomic E-state index is 14.9. The molecule has 0 amide bonds. The van der Waals surface area contributed by atoms with Crippen LogP contribution in [0.25, 0.3) is 11.1 Å². The van der Waals surface area contributed by atoms with Gasteiger partial charge in [-0.3, -0.25) is 0 Å². The summed E-state index contributed by atoms with van der Waals surface area (Å²) < 4.78 is 14.9. The summed E-state index contributed by atoms with van der Waals surface area (Å²) >= 11 is 0. The van der Waals surface area contributed by atoms with Crippen LogP contribution in [0, 0.1) is 12.7 Å². The quantitative estimate of drug-likeness (QED) is 0.353. The van der Waals surface area contributed by atoms with Crippen LogP contribution in [0.4, 0.5) is 4.39 Å². The molecule has 38 heavy (non-hydrogen) atoms. The van der Waals surface area contributed by atoms with Crippen LogP contribution in [-0.2, 0) is 6.42 Å². The second-order valence-electron chi connectivity index (χ2n) is 10.3. The van der Waals surface area contributed by atoms with E-state index in [1.54, 1.807) is 24.3 Å². The van der Waals surface area contributed by atoms with E-state index in [-0.39, 0.29) is 17.1 Å². The first-order valence-electron chi connectivity index (χ1n) is 13.8. The van der Waals surface area contributed by atoms with Gasteiger partial charge in [0, 0.05) is 5.56 Å². The summed E-state index contributed by atoms with van der Waals surface area (Å²) in [5, 5.41) is 19.1. The number of likely N-dealkylation sites (tertiary alicyclic amines) is 1. The summed E-state index contributed by atoms with van der Waals surface area (Å²) in [5.74, 6) is -1.06. The zero-order valence-corrected chi connectivity index (χ0v) is 22.5. The number of hydrogen-bond acceptors (Lipinski definition) is 3. The van der Waals surface area contributed by atoms with Gasteiger partial charge in [0.15, 0.2) is 0 Å². The molecule has 3 aromatic carbocycles. The molecular weight excluding hydrogens is 477 g/mol. The number of hydrogen-bond donors (Lipinski definition) is 2. The Balaban J connectivity index is 0.000000317. The molecule has 200 valence electrons. The summed E-state index contributed by atoms with van der Waals surface area (Å²) in [5.41, 5.74) is 6.17. The number of carboxylic acid groups (broad SMARTS) is 1. The fourth-order valence-corrected chi connectivity index (χ4v) is 5.40. The van der Waals surface area contributed by atoms with Crippen LogP contribution in [0.5, 0.6) is 5.75 Å². The van der Waals surface area contributed by atoms with Crippen molar-refractivity contribution >= 4 is 17.1 Å². The maximum Gasteiger partial charge on any atom is 0.335 e. The molecule has 0 unspecified atom stereocenters. The highest BCUT2D eigenvalue weighted by Crippen LogP contribution is 2.41. The first kappa shape index (κ1) is 27.6. The lowest BCUT2D eigenvalue weighted by Gasteiger charge is -2.17. The van der Waals surface area contributed by atoms with Gasteiger partial charge < -0.3 is 15.1 Å². The van der Waals surface area contributed by atoms with E-state index in [0.717, 1.165) is 46.2 Å². The maximum absolute atomic E-state index is 14.9. The monoisotopic (exact) mass is 515 g/mol. The van der Waals surface area contributed by atoms with Gasteiger partial charge in [-0.15, -0.1) is 0 Å². The Morgan fingerprint density at radius 2 is 1.63 bits per heavy atom. The van der Waals surface area contributed by atoms with Crippen LogP contribution in [0.3, 0.4) is 0 Å². The van der Waals surface area contributed by atoms with Gasteiger partial charge in [0.05, 0.1) is 5.56 Å². The van der Waals surface area contributed by atoms with E-state index < -0.39 is 5.97 Å². The number of rotatable bonds is 6. The topological polar surface area (TPSA) is 60.8 Å². The lowest BCUT2D eigenvalue weighted by atomic mass is 9.87. The Labute approximate surface area is 225 Å². The van der Waals surface area contributed by atoms with E-state index in [1.165, 1.54) is 51.4 Å². The van der Waals surface area contributed by atoms with Gasteiger partial charge >= 0.3 is 5.97 Å². The van der Waals surface area contributed by atoms with Crippen molar-refractivity contribution in [2.75, 3.05) is 19.6 Å². The van der Waals surface area contributed by atoms with Gasteiger partial charge in [-0.2, -0.15) is 0 Å². The standard InChI is InChI=1S/C25H21FO3.C8H17N/c1-15-5-11-21(23(26)13-15)22-4-2-3-17-14-18(25(28)29)8-12-20(17)24(22)16-6-9-19(27)10-7-16;1-2-3-6-9-7-4-5-8-9/h5-14,27H,2-4H2,1H3,(H,28,29);2-8H2,1H3. The molecule has 5 rings (SSSR count). The number of carboxylic acids is 1. The molecule has 0 saturated carbocycles. The number of aromatic hydroxyl groups is 1. The Morgan fingerprint density at radius 3 is 2.29 bits per heavy atom. The third-order valence-electron chi connectivity index (χ3n) is 7.43. The molecule has 1 saturated heterocycles. The number of phenolic OH excluding ortho intramolecular Hbond substituents is 1. The van der Waals surface area contributed by atoms with E-state index in [9.17, 15) is 19.4 Å². The molecular formula is C33H38FNO3. The zero-order chi connectivity index (χ0) is 27.1. The van der Waals surface area contributed by atoms with Gasteiger partial charge in [-0.1, -0.05) is 43.7 Å². The van der Waals surface area contributed by atoms with Crippen molar-refractivity contribution in [3.8, 4) is 5.75 Å². The van der Waals surface area contributed by atoms with Crippen molar-refractivity contribution in [2.24, 2.45) is 0 Å². The third-order valence-corrected chi connectivity index (χ3v) is 7.43. The van der Waals surface area contributed by atoms with Gasteiger partial charge in [-0.05, 0) is 129 Å². The van der Waals surface area contributed by atoms with Gasteiger partial charge in [0.1, 0.15) is 11.6 Å². The predicted molar refractivity (Wildman–Crippen MR) is 152 cm³/mol. The van der Waals surface area contributed by atoms with Crippen LogP contribution in [0.2, 0.25) is 0 Å². The number of carbonyl (C=O) groups is 1. The highest BCUT2D eigenvalue weighted by Gasteiger charge is 2.23. The molecule has 1 aliphatic carbocycles. The van der Waals surface area contributed by atoms with Crippen molar-refractivity contribution in [1.82, 2.24) is 4.90 Å². The fourth-order valence-electron chi connectivity index (χ4n) is 5.40. The number of benzene rings is 3. The van der Waals surface area contributed by atoms with Crippen molar-refractivity contribution < 1.29 is 19.4 Å². The van der Waals surface area contributed by atoms with E-state index in [0.29, 0.717) is 12.0 Å². The molecule has 3 aromatic rings. The van der Waals surface area contributed by atoms with Crippen LogP contribution in [-0.4, -0.2) is 40.7 Å². The summed E-state index contributed by atoms with van der Waals surface area (Å²) in [7, 11) is 0. The lowest BCUT2D eigenvalue weighted by Crippen LogP contribution is -2.19. The highest BCUT2D eigenvalue weighted by atomic mass is 19.1. The number of unbranched alkanes of at least 4 members (excludes halogenated alkanes) is 1. The first-order valence-corrected chi connectivity index (χ1v) is 13.8. The number of halogens is 1. The fraction of sp³-hybridized carbons (Fsp3) is 0.364. The summed E-state index contributed by atoms with van der Waals surface area (Å²) in [6.45, 7) is 8.19. The Kier molecular flexibility index (Phi) is 9.35. The minimum Gasteiger partial charge on any atom is -0.508 e. The van der Waals surface area contributed by atoms with Crippen molar-refractivity contribution in [1.29, 1.82) is 0 Å². The summed E-state index contributed by atoms with van der Waals surface area (Å²) in [6, 6.07) is 17.2. The van der Waals surface area contributed by atoms with Crippen molar-refractivity contribution in [2.45, 2.75) is 58.8 Å². The molecule has 4 nitrogen and oxygen atoms in total. The van der Waals surface area contributed by atoms with Crippen LogP contribution in [0.1, 0.15) is 83.6 Å². The lowest BCUT2D eigenvalue weighted by molar-refractivity contribution is 0.0696. The van der Waals surface area contributed by atoms with E-state index in [1.807, 2.05) is 37.3 Å². The Morgan fingerprint density at radius 1 is 0.921 bits per heavy atom. The van der Waals surface area contributed by atoms with Crippen LogP contribution >= 0.6 is 0 Å². The van der Waals surface area contributed by atoms with E-state index in [2.05, 4.69) is 11.8 Å². The van der Waals surface area contributed by atoms with Gasteiger partial charge in [0.2, 0.25) is 0 Å². The van der Waals surface area contributed by atoms with E-state index >= 15 is 0 Å². The Hall–Kier alpha value is -3.44. The SMILES string of the molecule is CCCCN1CCCC1.Cc1ccc(C2=C(c3ccc(O)cc3)c3ccc(C(=O)O)cc3CCC2)c(F)c1. The number of phenols is 1. The average Bonchev–Trinajstić information content (AvgIpc) is 3.35. The van der Waals surface area contributed by atoms with Crippen molar-refractivity contribution in [3.63, 3.8) is 0 Å². The molecule has 0 aromatic heterocycles. The second-order valence-corrected chi connectivity index (χ2v) is 10.3. The minimum absolute atomic E-state index is 0.160. The second kappa shape index (κ2) is 12.9. The molecule has 2 N–H and O–H groups in total. The van der Waals surface area contributed by atoms with Gasteiger partial charge in [0.25, 0.3) is 0 Å². The Bertz CT molecular complexity index is 1290. The number of nitrogens with zero attached hydrogens (tertiary/aromatic N) is 1. The molecule has 0 bridgehead atoms. The largest absolute Gasteiger partial charge is 0.508 e. The molecule has 1 fully saturated rings. The molecule has 0 spiro atoms. The van der Waals surface area contributed by atoms with Crippen molar-refractivity contribution in [3.05, 3.63) is 99.9 Å². The highest BCUT2D eigenvalue weighted by molar-refractivity contribution is 6.00. The predicted octanol–water partition coefficient (Wildman–Crippen LogP) is 7.72. The third kappa shape index (κ3) is 6.70. The molecule has 5 heteroatoms. The first-order chi connectivity index (χ1) is 18.4. The molecule has 2 aliphatic rings. The number of allylic oxidation sites excluding steroid dienone is 1. The molecule has 1 aliphatic heterocycles. The molecule has 1 heterocycles. The molecule has 0 radical (unpaired) electrons. The summed E-state index contributed by atoms with van der Waals surface area (Å²) in [4.78, 5) is 14.0. The number of aryl methyl sites for hydroxylation is 2.